The second-order valence-corrected chi connectivity index (χ2v) is 4.51. The molecule has 1 N–H and O–H groups in total. The third kappa shape index (κ3) is 5.22. The summed E-state index contributed by atoms with van der Waals surface area (Å²) in [5, 5.41) is 3.10. The van der Waals surface area contributed by atoms with E-state index in [4.69, 9.17) is 4.74 Å². The van der Waals surface area contributed by atoms with E-state index in [1.165, 1.54) is 19.3 Å². The summed E-state index contributed by atoms with van der Waals surface area (Å²) in [5.41, 5.74) is 0. The molecule has 1 aliphatic carbocycles. The number of hydrogen-bond donors (Lipinski definition) is 1. The van der Waals surface area contributed by atoms with Gasteiger partial charge in [0, 0.05) is 26.2 Å². The minimum Gasteiger partial charge on any atom is -0.383 e. The molecule has 4 nitrogen and oxygen atoms in total. The lowest BCUT2D eigenvalue weighted by Gasteiger charge is -2.27. The third-order valence-corrected chi connectivity index (χ3v) is 3.13. The van der Waals surface area contributed by atoms with E-state index in [-0.39, 0.29) is 6.03 Å². The molecule has 0 bridgehead atoms. The smallest absolute Gasteiger partial charge is 0.317 e. The van der Waals surface area contributed by atoms with Gasteiger partial charge in [0.25, 0.3) is 0 Å². The van der Waals surface area contributed by atoms with Crippen LogP contribution in [-0.2, 0) is 4.74 Å². The Morgan fingerprint density at radius 3 is 2.76 bits per heavy atom. The molecule has 0 atom stereocenters. The molecule has 0 aromatic heterocycles. The first-order valence-electron chi connectivity index (χ1n) is 6.43. The van der Waals surface area contributed by atoms with Crippen molar-refractivity contribution in [3.8, 4) is 0 Å². The molecule has 0 aliphatic heterocycles. The Labute approximate surface area is 104 Å². The van der Waals surface area contributed by atoms with Crippen LogP contribution in [0.15, 0.2) is 12.7 Å². The summed E-state index contributed by atoms with van der Waals surface area (Å²) >= 11 is 0. The molecule has 0 aromatic carbocycles. The zero-order valence-corrected chi connectivity index (χ0v) is 10.8. The van der Waals surface area contributed by atoms with Crippen LogP contribution in [0.1, 0.15) is 32.1 Å². The lowest BCUT2D eigenvalue weighted by Crippen LogP contribution is -2.46. The van der Waals surface area contributed by atoms with Crippen LogP contribution in [0.25, 0.3) is 0 Å². The van der Waals surface area contributed by atoms with Crippen molar-refractivity contribution in [2.75, 3.05) is 26.8 Å². The van der Waals surface area contributed by atoms with Gasteiger partial charge in [0.15, 0.2) is 0 Å². The standard InChI is InChI=1S/C13H24N2O2/c1-3-9-15(10-11-17-2)13(16)14-12-7-5-4-6-8-12/h3,12H,1,4-11H2,2H3,(H,14,16). The summed E-state index contributed by atoms with van der Waals surface area (Å²) in [5.74, 6) is 0. The van der Waals surface area contributed by atoms with Crippen molar-refractivity contribution in [1.29, 1.82) is 0 Å². The number of rotatable bonds is 6. The number of nitrogens with one attached hydrogen (secondary N) is 1. The second-order valence-electron chi connectivity index (χ2n) is 4.51. The number of methoxy groups -OCH3 is 1. The molecule has 98 valence electrons. The van der Waals surface area contributed by atoms with Gasteiger partial charge in [0.05, 0.1) is 6.61 Å². The molecule has 0 radical (unpaired) electrons. The molecule has 0 saturated heterocycles. The molecule has 1 saturated carbocycles. The van der Waals surface area contributed by atoms with Gasteiger partial charge in [-0.1, -0.05) is 25.3 Å². The number of nitrogens with zero attached hydrogens (tertiary/aromatic N) is 1. The summed E-state index contributed by atoms with van der Waals surface area (Å²) in [6.45, 7) is 5.42. The Bertz CT molecular complexity index is 238. The minimum atomic E-state index is 0.00819. The van der Waals surface area contributed by atoms with Crippen LogP contribution in [0.2, 0.25) is 0 Å². The maximum atomic E-state index is 12.0. The highest BCUT2D eigenvalue weighted by Crippen LogP contribution is 2.17. The maximum absolute atomic E-state index is 12.0. The van der Waals surface area contributed by atoms with E-state index < -0.39 is 0 Å². The van der Waals surface area contributed by atoms with Crippen LogP contribution in [0, 0.1) is 0 Å². The fourth-order valence-corrected chi connectivity index (χ4v) is 2.15. The number of urea groups is 1. The predicted molar refractivity (Wildman–Crippen MR) is 69.1 cm³/mol. The molecule has 2 amide bonds. The first kappa shape index (κ1) is 14.0. The number of hydrogen-bond acceptors (Lipinski definition) is 2. The monoisotopic (exact) mass is 240 g/mol. The molecule has 0 unspecified atom stereocenters. The van der Waals surface area contributed by atoms with Gasteiger partial charge in [0.2, 0.25) is 0 Å². The van der Waals surface area contributed by atoms with E-state index >= 15 is 0 Å². The molecule has 1 aliphatic rings. The Kier molecular flexibility index (Phi) is 6.70. The normalized spacial score (nSPS) is 16.5. The highest BCUT2D eigenvalue weighted by molar-refractivity contribution is 5.74. The molecule has 17 heavy (non-hydrogen) atoms. The Hall–Kier alpha value is -1.03. The zero-order valence-electron chi connectivity index (χ0n) is 10.8. The van der Waals surface area contributed by atoms with Gasteiger partial charge in [0.1, 0.15) is 0 Å². The number of carbonyl (C=O) groups is 1. The van der Waals surface area contributed by atoms with Crippen LogP contribution in [-0.4, -0.2) is 43.8 Å². The van der Waals surface area contributed by atoms with Gasteiger partial charge in [-0.3, -0.25) is 0 Å². The summed E-state index contributed by atoms with van der Waals surface area (Å²) in [6, 6.07) is 0.361. The topological polar surface area (TPSA) is 41.6 Å². The fraction of sp³-hybridized carbons (Fsp3) is 0.769. The largest absolute Gasteiger partial charge is 0.383 e. The average molecular weight is 240 g/mol. The first-order valence-corrected chi connectivity index (χ1v) is 6.43. The highest BCUT2D eigenvalue weighted by Gasteiger charge is 2.18. The summed E-state index contributed by atoms with van der Waals surface area (Å²) < 4.78 is 5.00. The Balaban J connectivity index is 2.36. The summed E-state index contributed by atoms with van der Waals surface area (Å²) in [6.07, 6.45) is 7.72. The zero-order chi connectivity index (χ0) is 12.5. The summed E-state index contributed by atoms with van der Waals surface area (Å²) in [7, 11) is 1.64. The highest BCUT2D eigenvalue weighted by atomic mass is 16.5. The lowest BCUT2D eigenvalue weighted by atomic mass is 9.96. The van der Waals surface area contributed by atoms with Gasteiger partial charge in [-0.15, -0.1) is 6.58 Å². The van der Waals surface area contributed by atoms with Crippen molar-refractivity contribution in [2.45, 2.75) is 38.1 Å². The third-order valence-electron chi connectivity index (χ3n) is 3.13. The molecular formula is C13H24N2O2. The quantitative estimate of drug-likeness (QED) is 0.723. The SMILES string of the molecule is C=CCN(CCOC)C(=O)NC1CCCCC1. The number of ether oxygens (including phenoxy) is 1. The molecule has 1 fully saturated rings. The van der Waals surface area contributed by atoms with Gasteiger partial charge in [-0.05, 0) is 12.8 Å². The first-order chi connectivity index (χ1) is 8.27. The molecule has 0 heterocycles. The molecular weight excluding hydrogens is 216 g/mol. The van der Waals surface area contributed by atoms with Crippen molar-refractivity contribution in [2.24, 2.45) is 0 Å². The lowest BCUT2D eigenvalue weighted by molar-refractivity contribution is 0.151. The van der Waals surface area contributed by atoms with E-state index in [1.54, 1.807) is 18.1 Å². The summed E-state index contributed by atoms with van der Waals surface area (Å²) in [4.78, 5) is 13.8. The Morgan fingerprint density at radius 1 is 1.47 bits per heavy atom. The van der Waals surface area contributed by atoms with Gasteiger partial charge < -0.3 is 15.0 Å². The van der Waals surface area contributed by atoms with Crippen LogP contribution >= 0.6 is 0 Å². The van der Waals surface area contributed by atoms with E-state index in [9.17, 15) is 4.79 Å². The van der Waals surface area contributed by atoms with Crippen LogP contribution < -0.4 is 5.32 Å². The van der Waals surface area contributed by atoms with Crippen molar-refractivity contribution in [3.63, 3.8) is 0 Å². The van der Waals surface area contributed by atoms with Crippen LogP contribution in [0.4, 0.5) is 4.79 Å². The average Bonchev–Trinajstić information content (AvgIpc) is 2.35. The second kappa shape index (κ2) is 8.12. The number of amides is 2. The van der Waals surface area contributed by atoms with E-state index in [2.05, 4.69) is 11.9 Å². The van der Waals surface area contributed by atoms with E-state index in [0.29, 0.717) is 25.7 Å². The van der Waals surface area contributed by atoms with Crippen molar-refractivity contribution in [1.82, 2.24) is 10.2 Å². The fourth-order valence-electron chi connectivity index (χ4n) is 2.15. The molecule has 0 aromatic rings. The maximum Gasteiger partial charge on any atom is 0.317 e. The van der Waals surface area contributed by atoms with Crippen molar-refractivity contribution >= 4 is 6.03 Å². The molecule has 0 spiro atoms. The van der Waals surface area contributed by atoms with Crippen LogP contribution in [0.3, 0.4) is 0 Å². The van der Waals surface area contributed by atoms with Gasteiger partial charge >= 0.3 is 6.03 Å². The predicted octanol–water partition coefficient (Wildman–Crippen LogP) is 2.16. The van der Waals surface area contributed by atoms with Crippen molar-refractivity contribution < 1.29 is 9.53 Å². The van der Waals surface area contributed by atoms with E-state index in [0.717, 1.165) is 12.8 Å². The Morgan fingerprint density at radius 2 is 2.18 bits per heavy atom. The van der Waals surface area contributed by atoms with Gasteiger partial charge in [-0.25, -0.2) is 4.79 Å². The van der Waals surface area contributed by atoms with Crippen molar-refractivity contribution in [3.05, 3.63) is 12.7 Å². The molecule has 4 heteroatoms. The van der Waals surface area contributed by atoms with Crippen LogP contribution in [0.5, 0.6) is 0 Å². The van der Waals surface area contributed by atoms with Gasteiger partial charge in [-0.2, -0.15) is 0 Å². The molecule has 1 rings (SSSR count). The minimum absolute atomic E-state index is 0.00819. The van der Waals surface area contributed by atoms with E-state index in [1.807, 2.05) is 0 Å². The number of carbonyl (C=O) groups excluding carboxylic acids is 1.